The second-order valence-corrected chi connectivity index (χ2v) is 5.90. The molecule has 0 atom stereocenters. The Labute approximate surface area is 112 Å². The summed E-state index contributed by atoms with van der Waals surface area (Å²) in [6.07, 6.45) is 2.70. The fraction of sp³-hybridized carbons (Fsp3) is 0.600. The summed E-state index contributed by atoms with van der Waals surface area (Å²) in [7, 11) is -0.867. The lowest BCUT2D eigenvalue weighted by Gasteiger charge is -2.18. The number of carboxylic acid groups (broad SMARTS) is 1. The van der Waals surface area contributed by atoms with E-state index in [4.69, 9.17) is 5.11 Å². The average Bonchev–Trinajstić information content (AvgIpc) is 2.67. The van der Waals surface area contributed by atoms with Crippen molar-refractivity contribution in [2.24, 2.45) is 7.05 Å². The molecule has 0 saturated carbocycles. The van der Waals surface area contributed by atoms with Crippen LogP contribution in [0.2, 0.25) is 0 Å². The smallest absolute Gasteiger partial charge is 0.341 e. The van der Waals surface area contributed by atoms with Gasteiger partial charge in [-0.3, -0.25) is 9.40 Å². The third-order valence-corrected chi connectivity index (χ3v) is 4.09. The summed E-state index contributed by atoms with van der Waals surface area (Å²) in [5.74, 6) is -1.29. The van der Waals surface area contributed by atoms with Gasteiger partial charge in [0.05, 0.1) is 6.20 Å². The average molecular weight is 290 g/mol. The molecular weight excluding hydrogens is 272 g/mol. The highest BCUT2D eigenvalue weighted by atomic mass is 32.2. The third-order valence-electron chi connectivity index (χ3n) is 2.63. The van der Waals surface area contributed by atoms with E-state index in [0.29, 0.717) is 6.54 Å². The number of aromatic carboxylic acids is 1. The minimum atomic E-state index is -3.77. The number of aryl methyl sites for hydroxylation is 1. The SMILES string of the molecule is CCCCN(C)S(=O)(=O)Nc1c(C(=O)O)cnn1C. The minimum Gasteiger partial charge on any atom is -0.477 e. The normalized spacial score (nSPS) is 11.8. The number of hydrogen-bond donors (Lipinski definition) is 2. The molecule has 0 spiro atoms. The van der Waals surface area contributed by atoms with Gasteiger partial charge in [-0.2, -0.15) is 17.8 Å². The summed E-state index contributed by atoms with van der Waals surface area (Å²) in [6.45, 7) is 2.32. The second-order valence-electron chi connectivity index (χ2n) is 4.12. The molecular formula is C10H18N4O4S. The van der Waals surface area contributed by atoms with Gasteiger partial charge < -0.3 is 5.11 Å². The maximum absolute atomic E-state index is 12.0. The van der Waals surface area contributed by atoms with Gasteiger partial charge in [0.25, 0.3) is 0 Å². The predicted octanol–water partition coefficient (Wildman–Crippen LogP) is 0.507. The zero-order chi connectivity index (χ0) is 14.6. The van der Waals surface area contributed by atoms with E-state index in [2.05, 4.69) is 9.82 Å². The Morgan fingerprint density at radius 3 is 2.74 bits per heavy atom. The molecule has 108 valence electrons. The van der Waals surface area contributed by atoms with Crippen molar-refractivity contribution in [3.63, 3.8) is 0 Å². The fourth-order valence-corrected chi connectivity index (χ4v) is 2.43. The summed E-state index contributed by atoms with van der Waals surface area (Å²) < 4.78 is 28.6. The van der Waals surface area contributed by atoms with Gasteiger partial charge in [0.15, 0.2) is 5.82 Å². The van der Waals surface area contributed by atoms with Crippen molar-refractivity contribution in [3.05, 3.63) is 11.8 Å². The molecule has 0 unspecified atom stereocenters. The number of nitrogens with one attached hydrogen (secondary N) is 1. The van der Waals surface area contributed by atoms with Crippen LogP contribution in [0.3, 0.4) is 0 Å². The molecule has 19 heavy (non-hydrogen) atoms. The highest BCUT2D eigenvalue weighted by molar-refractivity contribution is 7.90. The van der Waals surface area contributed by atoms with Crippen molar-refractivity contribution >= 4 is 22.0 Å². The van der Waals surface area contributed by atoms with Crippen LogP contribution in [0, 0.1) is 0 Å². The molecule has 8 nitrogen and oxygen atoms in total. The fourth-order valence-electron chi connectivity index (χ4n) is 1.42. The Hall–Kier alpha value is -1.61. The highest BCUT2D eigenvalue weighted by Gasteiger charge is 2.23. The molecule has 0 aliphatic rings. The zero-order valence-electron chi connectivity index (χ0n) is 11.1. The molecule has 0 saturated heterocycles. The van der Waals surface area contributed by atoms with Crippen LogP contribution in [0.15, 0.2) is 6.20 Å². The standard InChI is InChI=1S/C10H18N4O4S/c1-4-5-6-13(2)19(17,18)12-9-8(10(15)16)7-11-14(9)3/h7,12H,4-6H2,1-3H3,(H,15,16). The number of anilines is 1. The number of rotatable bonds is 7. The molecule has 1 aromatic rings. The first-order valence-corrected chi connectivity index (χ1v) is 7.23. The van der Waals surface area contributed by atoms with Crippen LogP contribution in [0.5, 0.6) is 0 Å². The maximum Gasteiger partial charge on any atom is 0.341 e. The lowest BCUT2D eigenvalue weighted by molar-refractivity contribution is 0.0698. The molecule has 1 aromatic heterocycles. The lowest BCUT2D eigenvalue weighted by atomic mass is 10.3. The first-order chi connectivity index (χ1) is 8.79. The monoisotopic (exact) mass is 290 g/mol. The number of hydrogen-bond acceptors (Lipinski definition) is 4. The van der Waals surface area contributed by atoms with E-state index in [0.717, 1.165) is 23.3 Å². The summed E-state index contributed by atoms with van der Waals surface area (Å²) in [6, 6.07) is 0. The van der Waals surface area contributed by atoms with E-state index in [1.807, 2.05) is 6.92 Å². The predicted molar refractivity (Wildman–Crippen MR) is 70.2 cm³/mol. The van der Waals surface area contributed by atoms with Crippen molar-refractivity contribution in [1.82, 2.24) is 14.1 Å². The summed E-state index contributed by atoms with van der Waals surface area (Å²) in [5, 5.41) is 12.7. The lowest BCUT2D eigenvalue weighted by Crippen LogP contribution is -2.34. The van der Waals surface area contributed by atoms with Crippen LogP contribution < -0.4 is 4.72 Å². The van der Waals surface area contributed by atoms with Crippen molar-refractivity contribution in [2.45, 2.75) is 19.8 Å². The van der Waals surface area contributed by atoms with E-state index in [9.17, 15) is 13.2 Å². The van der Waals surface area contributed by atoms with E-state index >= 15 is 0 Å². The quantitative estimate of drug-likeness (QED) is 0.761. The molecule has 1 rings (SSSR count). The highest BCUT2D eigenvalue weighted by Crippen LogP contribution is 2.16. The molecule has 2 N–H and O–H groups in total. The molecule has 0 aliphatic carbocycles. The topological polar surface area (TPSA) is 105 Å². The van der Waals surface area contributed by atoms with Gasteiger partial charge in [-0.25, -0.2) is 4.79 Å². The van der Waals surface area contributed by atoms with Crippen LogP contribution in [-0.4, -0.2) is 47.2 Å². The van der Waals surface area contributed by atoms with Crippen molar-refractivity contribution in [2.75, 3.05) is 18.3 Å². The largest absolute Gasteiger partial charge is 0.477 e. The van der Waals surface area contributed by atoms with Crippen LogP contribution in [0.1, 0.15) is 30.1 Å². The Kier molecular flexibility index (Phi) is 4.90. The molecule has 0 fully saturated rings. The van der Waals surface area contributed by atoms with Gasteiger partial charge in [0, 0.05) is 20.6 Å². The summed E-state index contributed by atoms with van der Waals surface area (Å²) >= 11 is 0. The van der Waals surface area contributed by atoms with Crippen LogP contribution in [0.25, 0.3) is 0 Å². The van der Waals surface area contributed by atoms with E-state index < -0.39 is 16.2 Å². The molecule has 0 bridgehead atoms. The summed E-state index contributed by atoms with van der Waals surface area (Å²) in [4.78, 5) is 11.0. The molecule has 1 heterocycles. The first kappa shape index (κ1) is 15.4. The van der Waals surface area contributed by atoms with Crippen LogP contribution in [0.4, 0.5) is 5.82 Å². The van der Waals surface area contributed by atoms with Gasteiger partial charge in [-0.05, 0) is 6.42 Å². The molecule has 0 aromatic carbocycles. The van der Waals surface area contributed by atoms with Gasteiger partial charge >= 0.3 is 16.2 Å². The Balaban J connectivity index is 2.95. The number of unbranched alkanes of at least 4 members (excludes halogenated alkanes) is 1. The van der Waals surface area contributed by atoms with Gasteiger partial charge in [0.2, 0.25) is 0 Å². The van der Waals surface area contributed by atoms with Crippen molar-refractivity contribution in [1.29, 1.82) is 0 Å². The van der Waals surface area contributed by atoms with Gasteiger partial charge in [0.1, 0.15) is 5.56 Å². The first-order valence-electron chi connectivity index (χ1n) is 5.79. The van der Waals surface area contributed by atoms with Gasteiger partial charge in [-0.1, -0.05) is 13.3 Å². The number of carboxylic acids is 1. The van der Waals surface area contributed by atoms with E-state index in [1.54, 1.807) is 0 Å². The Morgan fingerprint density at radius 1 is 1.58 bits per heavy atom. The summed E-state index contributed by atoms with van der Waals surface area (Å²) in [5.41, 5.74) is -0.185. The van der Waals surface area contributed by atoms with Crippen molar-refractivity contribution in [3.8, 4) is 0 Å². The molecule has 9 heteroatoms. The Bertz CT molecular complexity index is 552. The van der Waals surface area contributed by atoms with Crippen LogP contribution in [-0.2, 0) is 17.3 Å². The molecule has 0 radical (unpaired) electrons. The number of nitrogens with zero attached hydrogens (tertiary/aromatic N) is 3. The Morgan fingerprint density at radius 2 is 2.21 bits per heavy atom. The molecule has 0 aliphatic heterocycles. The maximum atomic E-state index is 12.0. The second kappa shape index (κ2) is 6.02. The van der Waals surface area contributed by atoms with Gasteiger partial charge in [-0.15, -0.1) is 0 Å². The third kappa shape index (κ3) is 3.67. The minimum absolute atomic E-state index is 0.0594. The molecule has 0 amide bonds. The zero-order valence-corrected chi connectivity index (χ0v) is 11.9. The van der Waals surface area contributed by atoms with Crippen molar-refractivity contribution < 1.29 is 18.3 Å². The van der Waals surface area contributed by atoms with E-state index in [-0.39, 0.29) is 11.4 Å². The number of aromatic nitrogens is 2. The number of carbonyl (C=O) groups is 1. The van der Waals surface area contributed by atoms with Crippen LogP contribution >= 0.6 is 0 Å². The van der Waals surface area contributed by atoms with E-state index in [1.165, 1.54) is 18.8 Å².